The summed E-state index contributed by atoms with van der Waals surface area (Å²) in [4.78, 5) is 0. The van der Waals surface area contributed by atoms with E-state index in [1.807, 2.05) is 54.6 Å². The zero-order chi connectivity index (χ0) is 11.7. The van der Waals surface area contributed by atoms with Gasteiger partial charge in [-0.2, -0.15) is 0 Å². The molecule has 0 radical (unpaired) electrons. The first-order chi connectivity index (χ1) is 8.28. The largest absolute Gasteiger partial charge is 0.458 e. The fourth-order valence-electron chi connectivity index (χ4n) is 2.25. The predicted molar refractivity (Wildman–Crippen MR) is 76.1 cm³/mol. The van der Waals surface area contributed by atoms with E-state index in [2.05, 4.69) is 0 Å². The molecule has 3 heteroatoms. The van der Waals surface area contributed by atoms with E-state index in [-0.39, 0.29) is 17.0 Å². The molecule has 1 unspecified atom stereocenters. The topological polar surface area (TPSA) is 29.5 Å². The number of hydrogen-bond acceptors (Lipinski definition) is 2. The van der Waals surface area contributed by atoms with Crippen LogP contribution in [0.3, 0.4) is 0 Å². The SMILES string of the molecule is Br.OC1(c2ccccc2)CCc2ccccc2O1. The minimum Gasteiger partial charge on any atom is -0.458 e. The van der Waals surface area contributed by atoms with Crippen molar-refractivity contribution in [3.63, 3.8) is 0 Å². The first-order valence-electron chi connectivity index (χ1n) is 5.83. The van der Waals surface area contributed by atoms with E-state index in [4.69, 9.17) is 4.74 Å². The molecule has 0 spiro atoms. The second kappa shape index (κ2) is 5.12. The molecule has 94 valence electrons. The number of aliphatic hydroxyl groups is 1. The molecule has 0 fully saturated rings. The van der Waals surface area contributed by atoms with E-state index >= 15 is 0 Å². The van der Waals surface area contributed by atoms with E-state index in [0.717, 1.165) is 23.3 Å². The average molecular weight is 307 g/mol. The summed E-state index contributed by atoms with van der Waals surface area (Å²) in [6.45, 7) is 0. The maximum Gasteiger partial charge on any atom is 0.235 e. The standard InChI is InChI=1S/C15H14O2.BrH/c16-15(13-7-2-1-3-8-13)11-10-12-6-4-5-9-14(12)17-15;/h1-9,16H,10-11H2;1H. The van der Waals surface area contributed by atoms with Gasteiger partial charge in [-0.05, 0) is 18.1 Å². The first kappa shape index (κ1) is 13.1. The van der Waals surface area contributed by atoms with Gasteiger partial charge < -0.3 is 9.84 Å². The Kier molecular flexibility index (Phi) is 3.73. The van der Waals surface area contributed by atoms with Crippen LogP contribution in [0.5, 0.6) is 5.75 Å². The third-order valence-corrected chi connectivity index (χ3v) is 3.21. The lowest BCUT2D eigenvalue weighted by atomic mass is 9.94. The van der Waals surface area contributed by atoms with E-state index in [1.54, 1.807) is 0 Å². The van der Waals surface area contributed by atoms with Crippen molar-refractivity contribution in [1.82, 2.24) is 0 Å². The molecule has 0 amide bonds. The number of rotatable bonds is 1. The highest BCUT2D eigenvalue weighted by molar-refractivity contribution is 8.93. The molecule has 1 aliphatic rings. The molecule has 0 saturated heterocycles. The number of fused-ring (bicyclic) bond motifs is 1. The monoisotopic (exact) mass is 306 g/mol. The molecular formula is C15H15BrO2. The Bertz CT molecular complexity index is 527. The Labute approximate surface area is 117 Å². The van der Waals surface area contributed by atoms with Gasteiger partial charge in [-0.15, -0.1) is 17.0 Å². The van der Waals surface area contributed by atoms with Gasteiger partial charge in [-0.1, -0.05) is 48.5 Å². The lowest BCUT2D eigenvalue weighted by Crippen LogP contribution is -2.36. The molecule has 1 atom stereocenters. The first-order valence-corrected chi connectivity index (χ1v) is 5.83. The average Bonchev–Trinajstić information content (AvgIpc) is 2.40. The van der Waals surface area contributed by atoms with Crippen LogP contribution in [0.4, 0.5) is 0 Å². The van der Waals surface area contributed by atoms with Gasteiger partial charge in [0.25, 0.3) is 0 Å². The van der Waals surface area contributed by atoms with Gasteiger partial charge in [0, 0.05) is 12.0 Å². The van der Waals surface area contributed by atoms with Crippen LogP contribution in [0.25, 0.3) is 0 Å². The summed E-state index contributed by atoms with van der Waals surface area (Å²) in [6, 6.07) is 17.4. The molecule has 1 N–H and O–H groups in total. The summed E-state index contributed by atoms with van der Waals surface area (Å²) in [5.74, 6) is -0.402. The van der Waals surface area contributed by atoms with Crippen molar-refractivity contribution in [3.05, 3.63) is 65.7 Å². The van der Waals surface area contributed by atoms with Gasteiger partial charge in [0.1, 0.15) is 5.75 Å². The lowest BCUT2D eigenvalue weighted by molar-refractivity contribution is -0.158. The summed E-state index contributed by atoms with van der Waals surface area (Å²) in [5, 5.41) is 10.6. The summed E-state index contributed by atoms with van der Waals surface area (Å²) in [6.07, 6.45) is 1.43. The normalized spacial score (nSPS) is 21.4. The fourth-order valence-corrected chi connectivity index (χ4v) is 2.25. The lowest BCUT2D eigenvalue weighted by Gasteiger charge is -2.34. The maximum absolute atomic E-state index is 10.6. The highest BCUT2D eigenvalue weighted by Gasteiger charge is 2.35. The van der Waals surface area contributed by atoms with E-state index in [1.165, 1.54) is 0 Å². The van der Waals surface area contributed by atoms with Gasteiger partial charge >= 0.3 is 0 Å². The number of ether oxygens (including phenoxy) is 1. The minimum absolute atomic E-state index is 0. The molecule has 1 heterocycles. The number of hydrogen-bond donors (Lipinski definition) is 1. The third-order valence-electron chi connectivity index (χ3n) is 3.21. The molecule has 2 aromatic carbocycles. The molecule has 0 saturated carbocycles. The van der Waals surface area contributed by atoms with Crippen LogP contribution in [0.2, 0.25) is 0 Å². The van der Waals surface area contributed by atoms with Crippen LogP contribution in [0, 0.1) is 0 Å². The number of halogens is 1. The molecule has 2 aromatic rings. The second-order valence-corrected chi connectivity index (χ2v) is 4.36. The van der Waals surface area contributed by atoms with Crippen molar-refractivity contribution in [2.45, 2.75) is 18.6 Å². The number of para-hydroxylation sites is 1. The van der Waals surface area contributed by atoms with E-state index in [0.29, 0.717) is 6.42 Å². The second-order valence-electron chi connectivity index (χ2n) is 4.36. The minimum atomic E-state index is -1.18. The molecule has 18 heavy (non-hydrogen) atoms. The van der Waals surface area contributed by atoms with Crippen molar-refractivity contribution < 1.29 is 9.84 Å². The molecule has 2 nitrogen and oxygen atoms in total. The Morgan fingerprint density at radius 2 is 1.61 bits per heavy atom. The van der Waals surface area contributed by atoms with Crippen LogP contribution in [0.15, 0.2) is 54.6 Å². The van der Waals surface area contributed by atoms with Gasteiger partial charge in [-0.3, -0.25) is 0 Å². The summed E-state index contributed by atoms with van der Waals surface area (Å²) >= 11 is 0. The van der Waals surface area contributed by atoms with Gasteiger partial charge in [0.05, 0.1) is 0 Å². The summed E-state index contributed by atoms with van der Waals surface area (Å²) < 4.78 is 5.76. The maximum atomic E-state index is 10.6. The Morgan fingerprint density at radius 1 is 0.944 bits per heavy atom. The van der Waals surface area contributed by atoms with Crippen LogP contribution in [-0.2, 0) is 12.2 Å². The zero-order valence-electron chi connectivity index (χ0n) is 9.87. The van der Waals surface area contributed by atoms with E-state index < -0.39 is 5.79 Å². The van der Waals surface area contributed by atoms with Gasteiger partial charge in [-0.25, -0.2) is 0 Å². The molecule has 1 aliphatic heterocycles. The molecule has 0 bridgehead atoms. The van der Waals surface area contributed by atoms with Crippen molar-refractivity contribution in [2.24, 2.45) is 0 Å². The number of benzene rings is 2. The van der Waals surface area contributed by atoms with Gasteiger partial charge in [0.15, 0.2) is 0 Å². The molecular weight excluding hydrogens is 292 g/mol. The predicted octanol–water partition coefficient (Wildman–Crippen LogP) is 3.43. The van der Waals surface area contributed by atoms with Crippen molar-refractivity contribution in [2.75, 3.05) is 0 Å². The summed E-state index contributed by atoms with van der Waals surface area (Å²) in [5.41, 5.74) is 1.97. The smallest absolute Gasteiger partial charge is 0.235 e. The highest BCUT2D eigenvalue weighted by Crippen LogP contribution is 2.37. The zero-order valence-corrected chi connectivity index (χ0v) is 11.6. The highest BCUT2D eigenvalue weighted by atomic mass is 79.9. The Balaban J connectivity index is 0.00000120. The van der Waals surface area contributed by atoms with Crippen LogP contribution in [0.1, 0.15) is 17.5 Å². The van der Waals surface area contributed by atoms with Crippen molar-refractivity contribution >= 4 is 17.0 Å². The number of aryl methyl sites for hydroxylation is 1. The molecule has 0 aliphatic carbocycles. The summed E-state index contributed by atoms with van der Waals surface area (Å²) in [7, 11) is 0. The van der Waals surface area contributed by atoms with Crippen molar-refractivity contribution in [3.8, 4) is 5.75 Å². The van der Waals surface area contributed by atoms with Crippen LogP contribution < -0.4 is 4.74 Å². The quantitative estimate of drug-likeness (QED) is 0.874. The Hall–Kier alpha value is -1.32. The molecule has 0 aromatic heterocycles. The Morgan fingerprint density at radius 3 is 2.39 bits per heavy atom. The fraction of sp³-hybridized carbons (Fsp3) is 0.200. The molecule has 3 rings (SSSR count). The van der Waals surface area contributed by atoms with Crippen molar-refractivity contribution in [1.29, 1.82) is 0 Å². The van der Waals surface area contributed by atoms with Crippen LogP contribution >= 0.6 is 17.0 Å². The third kappa shape index (κ3) is 2.28. The van der Waals surface area contributed by atoms with E-state index in [9.17, 15) is 5.11 Å². The van der Waals surface area contributed by atoms with Gasteiger partial charge in [0.2, 0.25) is 5.79 Å². The van der Waals surface area contributed by atoms with Crippen LogP contribution in [-0.4, -0.2) is 5.11 Å².